The van der Waals surface area contributed by atoms with Crippen molar-refractivity contribution < 1.29 is 14.3 Å². The molecule has 0 aliphatic rings. The van der Waals surface area contributed by atoms with Crippen molar-refractivity contribution in [2.45, 2.75) is 31.3 Å². The van der Waals surface area contributed by atoms with Gasteiger partial charge in [0, 0.05) is 30.8 Å². The van der Waals surface area contributed by atoms with Crippen LogP contribution >= 0.6 is 23.4 Å². The van der Waals surface area contributed by atoms with Crippen molar-refractivity contribution in [3.8, 4) is 17.2 Å². The van der Waals surface area contributed by atoms with Crippen LogP contribution in [0.15, 0.2) is 47.6 Å². The van der Waals surface area contributed by atoms with Crippen LogP contribution in [0.2, 0.25) is 5.02 Å². The molecule has 0 spiro atoms. The number of nitrogens with zero attached hydrogens (tertiary/aromatic N) is 4. The summed E-state index contributed by atoms with van der Waals surface area (Å²) in [6.07, 6.45) is 1.99. The minimum absolute atomic E-state index is 0.128. The summed E-state index contributed by atoms with van der Waals surface area (Å²) in [5, 5.41) is 9.94. The Labute approximate surface area is 204 Å². The highest BCUT2D eigenvalue weighted by atomic mass is 35.5. The average molecular weight is 489 g/mol. The fourth-order valence-electron chi connectivity index (χ4n) is 3.38. The maximum atomic E-state index is 12.6. The van der Waals surface area contributed by atoms with Gasteiger partial charge >= 0.3 is 0 Å². The number of aryl methyl sites for hydroxylation is 1. The lowest BCUT2D eigenvalue weighted by Crippen LogP contribution is -2.28. The molecule has 7 nitrogen and oxygen atoms in total. The van der Waals surface area contributed by atoms with Gasteiger partial charge in [0.25, 0.3) is 0 Å². The fraction of sp³-hybridized carbons (Fsp3) is 0.375. The SMILES string of the molecule is COc1ccc(CCN(C)C(=O)CCCSc2nnc(C)n2-c2cccc(Cl)c2)cc1OC. The zero-order valence-electron chi connectivity index (χ0n) is 19.4. The molecule has 33 heavy (non-hydrogen) atoms. The second kappa shape index (κ2) is 12.0. The summed E-state index contributed by atoms with van der Waals surface area (Å²) in [5.41, 5.74) is 2.03. The van der Waals surface area contributed by atoms with E-state index in [0.717, 1.165) is 40.8 Å². The Hall–Kier alpha value is -2.71. The molecule has 0 saturated carbocycles. The van der Waals surface area contributed by atoms with Gasteiger partial charge in [0.2, 0.25) is 5.91 Å². The summed E-state index contributed by atoms with van der Waals surface area (Å²) in [5.74, 6) is 3.09. The first-order valence-electron chi connectivity index (χ1n) is 10.7. The van der Waals surface area contributed by atoms with E-state index in [0.29, 0.717) is 29.5 Å². The van der Waals surface area contributed by atoms with E-state index in [-0.39, 0.29) is 5.91 Å². The first kappa shape index (κ1) is 24.9. The lowest BCUT2D eigenvalue weighted by Gasteiger charge is -2.17. The third-order valence-electron chi connectivity index (χ3n) is 5.24. The summed E-state index contributed by atoms with van der Waals surface area (Å²) in [6, 6.07) is 13.4. The lowest BCUT2D eigenvalue weighted by molar-refractivity contribution is -0.129. The third kappa shape index (κ3) is 6.65. The molecule has 1 heterocycles. The Bertz CT molecular complexity index is 1090. The fourth-order valence-corrected chi connectivity index (χ4v) is 4.51. The van der Waals surface area contributed by atoms with Crippen LogP contribution in [0.4, 0.5) is 0 Å². The smallest absolute Gasteiger partial charge is 0.222 e. The maximum absolute atomic E-state index is 12.6. The molecule has 3 aromatic rings. The monoisotopic (exact) mass is 488 g/mol. The Morgan fingerprint density at radius 3 is 2.64 bits per heavy atom. The number of carbonyl (C=O) groups is 1. The van der Waals surface area contributed by atoms with Crippen molar-refractivity contribution in [2.24, 2.45) is 0 Å². The van der Waals surface area contributed by atoms with Gasteiger partial charge in [-0.05, 0) is 55.7 Å². The highest BCUT2D eigenvalue weighted by molar-refractivity contribution is 7.99. The van der Waals surface area contributed by atoms with Crippen LogP contribution in [0.1, 0.15) is 24.2 Å². The van der Waals surface area contributed by atoms with Crippen LogP contribution in [-0.2, 0) is 11.2 Å². The summed E-state index contributed by atoms with van der Waals surface area (Å²) < 4.78 is 12.6. The second-order valence-corrected chi connectivity index (χ2v) is 9.05. The minimum Gasteiger partial charge on any atom is -0.493 e. The highest BCUT2D eigenvalue weighted by Crippen LogP contribution is 2.28. The number of amides is 1. The van der Waals surface area contributed by atoms with Crippen LogP contribution in [0.5, 0.6) is 11.5 Å². The molecule has 0 unspecified atom stereocenters. The Morgan fingerprint density at radius 1 is 1.12 bits per heavy atom. The van der Waals surface area contributed by atoms with Crippen LogP contribution in [-0.4, -0.2) is 59.1 Å². The van der Waals surface area contributed by atoms with Crippen LogP contribution in [0.3, 0.4) is 0 Å². The molecular formula is C24H29ClN4O3S. The van der Waals surface area contributed by atoms with Gasteiger partial charge in [0.15, 0.2) is 16.7 Å². The molecule has 0 aliphatic heterocycles. The van der Waals surface area contributed by atoms with Gasteiger partial charge in [-0.1, -0.05) is 35.5 Å². The number of methoxy groups -OCH3 is 2. The molecule has 0 bridgehead atoms. The van der Waals surface area contributed by atoms with Crippen molar-refractivity contribution in [1.29, 1.82) is 0 Å². The number of thioether (sulfide) groups is 1. The summed E-state index contributed by atoms with van der Waals surface area (Å²) in [4.78, 5) is 14.3. The van der Waals surface area contributed by atoms with Crippen molar-refractivity contribution in [1.82, 2.24) is 19.7 Å². The number of carbonyl (C=O) groups excluding carboxylic acids is 1. The van der Waals surface area contributed by atoms with Gasteiger partial charge in [0.1, 0.15) is 5.82 Å². The van der Waals surface area contributed by atoms with E-state index in [1.165, 1.54) is 0 Å². The first-order chi connectivity index (χ1) is 15.9. The molecule has 9 heteroatoms. The number of aromatic nitrogens is 3. The molecular weight excluding hydrogens is 460 g/mol. The molecule has 0 aliphatic carbocycles. The van der Waals surface area contributed by atoms with Gasteiger partial charge in [-0.3, -0.25) is 9.36 Å². The van der Waals surface area contributed by atoms with E-state index in [2.05, 4.69) is 10.2 Å². The molecule has 1 amide bonds. The zero-order valence-corrected chi connectivity index (χ0v) is 20.9. The van der Waals surface area contributed by atoms with E-state index in [1.54, 1.807) is 30.9 Å². The predicted molar refractivity (Wildman–Crippen MR) is 132 cm³/mol. The quantitative estimate of drug-likeness (QED) is 0.285. The normalized spacial score (nSPS) is 10.8. The van der Waals surface area contributed by atoms with E-state index in [9.17, 15) is 4.79 Å². The molecule has 0 N–H and O–H groups in total. The first-order valence-corrected chi connectivity index (χ1v) is 12.0. The number of ether oxygens (including phenoxy) is 2. The van der Waals surface area contributed by atoms with Crippen molar-refractivity contribution in [3.05, 3.63) is 58.9 Å². The molecule has 0 atom stereocenters. The standard InChI is InChI=1S/C24H29ClN4O3S/c1-17-26-27-24(29(17)20-8-5-7-19(25)16-20)33-14-6-9-23(30)28(2)13-12-18-10-11-21(31-3)22(15-18)32-4/h5,7-8,10-11,15-16H,6,9,12-14H2,1-4H3. The molecule has 1 aromatic heterocycles. The minimum atomic E-state index is 0.128. The number of hydrogen-bond acceptors (Lipinski definition) is 6. The summed E-state index contributed by atoms with van der Waals surface area (Å²) in [7, 11) is 5.08. The van der Waals surface area contributed by atoms with Crippen LogP contribution in [0.25, 0.3) is 5.69 Å². The van der Waals surface area contributed by atoms with Crippen molar-refractivity contribution in [2.75, 3.05) is 33.6 Å². The van der Waals surface area contributed by atoms with Gasteiger partial charge < -0.3 is 14.4 Å². The predicted octanol–water partition coefficient (Wildman–Crippen LogP) is 4.82. The van der Waals surface area contributed by atoms with Crippen LogP contribution in [0, 0.1) is 6.92 Å². The Kier molecular flexibility index (Phi) is 9.03. The Morgan fingerprint density at radius 2 is 1.91 bits per heavy atom. The number of halogens is 1. The van der Waals surface area contributed by atoms with Gasteiger partial charge in [0.05, 0.1) is 19.9 Å². The van der Waals surface area contributed by atoms with E-state index in [4.69, 9.17) is 21.1 Å². The number of benzene rings is 2. The highest BCUT2D eigenvalue weighted by Gasteiger charge is 2.13. The zero-order chi connectivity index (χ0) is 23.8. The second-order valence-electron chi connectivity index (χ2n) is 7.55. The number of hydrogen-bond donors (Lipinski definition) is 0. The van der Waals surface area contributed by atoms with E-state index < -0.39 is 0 Å². The maximum Gasteiger partial charge on any atom is 0.222 e. The molecule has 3 rings (SSSR count). The molecule has 2 aromatic carbocycles. The van der Waals surface area contributed by atoms with Crippen LogP contribution < -0.4 is 9.47 Å². The van der Waals surface area contributed by atoms with E-state index >= 15 is 0 Å². The molecule has 176 valence electrons. The van der Waals surface area contributed by atoms with Crippen molar-refractivity contribution in [3.63, 3.8) is 0 Å². The van der Waals surface area contributed by atoms with E-state index in [1.807, 2.05) is 61.0 Å². The number of rotatable bonds is 11. The molecule has 0 saturated heterocycles. The average Bonchev–Trinajstić information content (AvgIpc) is 3.19. The molecule has 0 fully saturated rings. The van der Waals surface area contributed by atoms with Gasteiger partial charge in [-0.25, -0.2) is 0 Å². The Balaban J connectivity index is 1.46. The number of likely N-dealkylation sites (N-methyl/N-ethyl adjacent to an activating group) is 1. The largest absolute Gasteiger partial charge is 0.493 e. The lowest BCUT2D eigenvalue weighted by atomic mass is 10.1. The third-order valence-corrected chi connectivity index (χ3v) is 6.49. The summed E-state index contributed by atoms with van der Waals surface area (Å²) >= 11 is 7.73. The van der Waals surface area contributed by atoms with Crippen molar-refractivity contribution >= 4 is 29.3 Å². The topological polar surface area (TPSA) is 69.5 Å². The van der Waals surface area contributed by atoms with Gasteiger partial charge in [-0.2, -0.15) is 0 Å². The molecule has 0 radical (unpaired) electrons. The summed E-state index contributed by atoms with van der Waals surface area (Å²) in [6.45, 7) is 2.55. The van der Waals surface area contributed by atoms with Gasteiger partial charge in [-0.15, -0.1) is 10.2 Å².